The van der Waals surface area contributed by atoms with E-state index in [9.17, 15) is 0 Å². The van der Waals surface area contributed by atoms with Crippen molar-refractivity contribution in [1.29, 1.82) is 0 Å². The smallest absolute Gasteiger partial charge is 0.0731 e. The Morgan fingerprint density at radius 3 is 3.00 bits per heavy atom. The van der Waals surface area contributed by atoms with Gasteiger partial charge in [-0.05, 0) is 31.4 Å². The van der Waals surface area contributed by atoms with Crippen molar-refractivity contribution in [2.75, 3.05) is 13.2 Å². The highest BCUT2D eigenvalue weighted by atomic mass is 16.5. The lowest BCUT2D eigenvalue weighted by atomic mass is 9.87. The van der Waals surface area contributed by atoms with Gasteiger partial charge in [0.05, 0.1) is 24.4 Å². The second-order valence-electron chi connectivity index (χ2n) is 6.27. The van der Waals surface area contributed by atoms with E-state index < -0.39 is 0 Å². The summed E-state index contributed by atoms with van der Waals surface area (Å²) in [6, 6.07) is 7.01. The van der Waals surface area contributed by atoms with Crippen LogP contribution >= 0.6 is 0 Å². The lowest BCUT2D eigenvalue weighted by Gasteiger charge is -2.48. The Bertz CT molecular complexity index is 437. The van der Waals surface area contributed by atoms with Gasteiger partial charge in [0, 0.05) is 24.8 Å². The number of rotatable bonds is 4. The summed E-state index contributed by atoms with van der Waals surface area (Å²) < 4.78 is 6.01. The number of nitrogens with two attached hydrogens (primary N) is 1. The molecule has 4 nitrogen and oxygen atoms in total. The monoisotopic (exact) mass is 289 g/mol. The van der Waals surface area contributed by atoms with Gasteiger partial charge in [0.15, 0.2) is 0 Å². The van der Waals surface area contributed by atoms with Gasteiger partial charge in [-0.25, -0.2) is 0 Å². The normalized spacial score (nSPS) is 29.6. The Balaban J connectivity index is 1.88. The predicted octanol–water partition coefficient (Wildman–Crippen LogP) is 2.50. The molecule has 0 radical (unpaired) electrons. The zero-order chi connectivity index (χ0) is 14.7. The fraction of sp³-hybridized carbons (Fsp3) is 0.706. The molecular weight excluding hydrogens is 262 g/mol. The van der Waals surface area contributed by atoms with Crippen molar-refractivity contribution in [3.05, 3.63) is 30.1 Å². The molecule has 2 N–H and O–H groups in total. The van der Waals surface area contributed by atoms with Crippen molar-refractivity contribution in [1.82, 2.24) is 9.88 Å². The van der Waals surface area contributed by atoms with Crippen molar-refractivity contribution in [3.8, 4) is 0 Å². The van der Waals surface area contributed by atoms with E-state index in [1.807, 2.05) is 12.3 Å². The SMILES string of the molecule is CCC(N)C(c1ccccn1)N1CCOC2CCCCC21. The summed E-state index contributed by atoms with van der Waals surface area (Å²) in [5, 5.41) is 0. The molecule has 116 valence electrons. The molecule has 0 bridgehead atoms. The summed E-state index contributed by atoms with van der Waals surface area (Å²) >= 11 is 0. The van der Waals surface area contributed by atoms with Crippen molar-refractivity contribution >= 4 is 0 Å². The average molecular weight is 289 g/mol. The van der Waals surface area contributed by atoms with E-state index in [2.05, 4.69) is 28.9 Å². The van der Waals surface area contributed by atoms with E-state index in [-0.39, 0.29) is 12.1 Å². The highest BCUT2D eigenvalue weighted by Gasteiger charge is 2.40. The first kappa shape index (κ1) is 14.9. The second kappa shape index (κ2) is 6.86. The molecule has 2 fully saturated rings. The number of morpholine rings is 1. The third kappa shape index (κ3) is 3.12. The fourth-order valence-corrected chi connectivity index (χ4v) is 3.88. The molecule has 2 heterocycles. The van der Waals surface area contributed by atoms with Crippen molar-refractivity contribution < 1.29 is 4.74 Å². The molecule has 2 aliphatic rings. The van der Waals surface area contributed by atoms with Crippen LogP contribution in [-0.2, 0) is 4.74 Å². The maximum absolute atomic E-state index is 6.48. The van der Waals surface area contributed by atoms with Crippen molar-refractivity contribution in [2.45, 2.75) is 63.3 Å². The summed E-state index contributed by atoms with van der Waals surface area (Å²) in [6.07, 6.45) is 8.25. The van der Waals surface area contributed by atoms with Gasteiger partial charge < -0.3 is 10.5 Å². The van der Waals surface area contributed by atoms with E-state index >= 15 is 0 Å². The van der Waals surface area contributed by atoms with Crippen LogP contribution in [0.3, 0.4) is 0 Å². The molecule has 3 rings (SSSR count). The predicted molar refractivity (Wildman–Crippen MR) is 83.9 cm³/mol. The lowest BCUT2D eigenvalue weighted by molar-refractivity contribution is -0.107. The van der Waals surface area contributed by atoms with Gasteiger partial charge in [-0.3, -0.25) is 9.88 Å². The van der Waals surface area contributed by atoms with E-state index in [1.165, 1.54) is 25.7 Å². The van der Waals surface area contributed by atoms with Crippen LogP contribution in [-0.4, -0.2) is 41.2 Å². The first-order chi connectivity index (χ1) is 10.3. The quantitative estimate of drug-likeness (QED) is 0.925. The molecule has 1 saturated heterocycles. The highest BCUT2D eigenvalue weighted by Crippen LogP contribution is 2.35. The Morgan fingerprint density at radius 1 is 1.38 bits per heavy atom. The summed E-state index contributed by atoms with van der Waals surface area (Å²) in [7, 11) is 0. The Morgan fingerprint density at radius 2 is 2.24 bits per heavy atom. The van der Waals surface area contributed by atoms with Crippen molar-refractivity contribution in [2.24, 2.45) is 5.73 Å². The molecule has 0 amide bonds. The molecule has 0 spiro atoms. The maximum Gasteiger partial charge on any atom is 0.0731 e. The minimum atomic E-state index is 0.126. The molecule has 4 heteroatoms. The molecule has 0 aromatic carbocycles. The number of ether oxygens (including phenoxy) is 1. The van der Waals surface area contributed by atoms with Crippen LogP contribution in [0.15, 0.2) is 24.4 Å². The summed E-state index contributed by atoms with van der Waals surface area (Å²) in [6.45, 7) is 3.95. The minimum Gasteiger partial charge on any atom is -0.375 e. The number of hydrogen-bond donors (Lipinski definition) is 1. The van der Waals surface area contributed by atoms with Gasteiger partial charge in [-0.1, -0.05) is 25.8 Å². The van der Waals surface area contributed by atoms with Crippen LogP contribution in [0, 0.1) is 0 Å². The van der Waals surface area contributed by atoms with Crippen LogP contribution in [0.1, 0.15) is 50.8 Å². The zero-order valence-electron chi connectivity index (χ0n) is 12.9. The number of fused-ring (bicyclic) bond motifs is 1. The first-order valence-electron chi connectivity index (χ1n) is 8.35. The number of aromatic nitrogens is 1. The summed E-state index contributed by atoms with van der Waals surface area (Å²) in [5.41, 5.74) is 7.59. The molecule has 4 atom stereocenters. The number of hydrogen-bond acceptors (Lipinski definition) is 4. The van der Waals surface area contributed by atoms with Crippen molar-refractivity contribution in [3.63, 3.8) is 0 Å². The van der Waals surface area contributed by atoms with Gasteiger partial charge in [-0.15, -0.1) is 0 Å². The molecule has 4 unspecified atom stereocenters. The van der Waals surface area contributed by atoms with Crippen LogP contribution < -0.4 is 5.73 Å². The van der Waals surface area contributed by atoms with Crippen LogP contribution in [0.2, 0.25) is 0 Å². The van der Waals surface area contributed by atoms with E-state index in [4.69, 9.17) is 10.5 Å². The molecular formula is C17H27N3O. The molecule has 21 heavy (non-hydrogen) atoms. The Hall–Kier alpha value is -0.970. The fourth-order valence-electron chi connectivity index (χ4n) is 3.88. The average Bonchev–Trinajstić information content (AvgIpc) is 2.56. The standard InChI is InChI=1S/C17H27N3O/c1-2-13(18)17(14-7-5-6-10-19-14)20-11-12-21-16-9-4-3-8-15(16)20/h5-7,10,13,15-17H,2-4,8-9,11-12,18H2,1H3. The first-order valence-corrected chi connectivity index (χ1v) is 8.35. The van der Waals surface area contributed by atoms with Gasteiger partial charge in [-0.2, -0.15) is 0 Å². The van der Waals surface area contributed by atoms with Gasteiger partial charge >= 0.3 is 0 Å². The molecule has 1 aromatic heterocycles. The lowest BCUT2D eigenvalue weighted by Crippen LogP contribution is -2.56. The Kier molecular flexibility index (Phi) is 4.88. The largest absolute Gasteiger partial charge is 0.375 e. The summed E-state index contributed by atoms with van der Waals surface area (Å²) in [5.74, 6) is 0. The topological polar surface area (TPSA) is 51.4 Å². The maximum atomic E-state index is 6.48. The minimum absolute atomic E-state index is 0.126. The third-order valence-electron chi connectivity index (χ3n) is 5.00. The van der Waals surface area contributed by atoms with E-state index in [0.29, 0.717) is 12.1 Å². The van der Waals surface area contributed by atoms with E-state index in [0.717, 1.165) is 25.3 Å². The third-order valence-corrected chi connectivity index (χ3v) is 5.00. The second-order valence-corrected chi connectivity index (χ2v) is 6.27. The number of pyridine rings is 1. The Labute approximate surface area is 127 Å². The molecule has 1 aliphatic carbocycles. The highest BCUT2D eigenvalue weighted by molar-refractivity contribution is 5.13. The molecule has 1 saturated carbocycles. The van der Waals surface area contributed by atoms with Gasteiger partial charge in [0.25, 0.3) is 0 Å². The number of nitrogens with zero attached hydrogens (tertiary/aromatic N) is 2. The summed E-state index contributed by atoms with van der Waals surface area (Å²) in [4.78, 5) is 7.19. The van der Waals surface area contributed by atoms with Gasteiger partial charge in [0.1, 0.15) is 0 Å². The molecule has 1 aromatic rings. The van der Waals surface area contributed by atoms with E-state index in [1.54, 1.807) is 0 Å². The van der Waals surface area contributed by atoms with Crippen LogP contribution in [0.25, 0.3) is 0 Å². The molecule has 1 aliphatic heterocycles. The van der Waals surface area contributed by atoms with Crippen LogP contribution in [0.4, 0.5) is 0 Å². The van der Waals surface area contributed by atoms with Crippen LogP contribution in [0.5, 0.6) is 0 Å². The zero-order valence-corrected chi connectivity index (χ0v) is 12.9. The van der Waals surface area contributed by atoms with Gasteiger partial charge in [0.2, 0.25) is 0 Å².